The molecule has 2 aromatic heterocycles. The molecule has 0 fully saturated rings. The van der Waals surface area contributed by atoms with Gasteiger partial charge in [-0.3, -0.25) is 18.5 Å². The lowest BCUT2D eigenvalue weighted by atomic mass is 10.2. The van der Waals surface area contributed by atoms with E-state index in [1.54, 1.807) is 7.05 Å². The average Bonchev–Trinajstić information content (AvgIpc) is 3.12. The molecule has 2 heterocycles. The first-order valence-electron chi connectivity index (χ1n) is 9.52. The molecule has 30 heavy (non-hydrogen) atoms. The summed E-state index contributed by atoms with van der Waals surface area (Å²) < 4.78 is 5.43. The van der Waals surface area contributed by atoms with E-state index < -0.39 is 5.69 Å². The number of imidazole rings is 1. The lowest BCUT2D eigenvalue weighted by molar-refractivity contribution is 0.701. The van der Waals surface area contributed by atoms with Gasteiger partial charge in [-0.25, -0.2) is 4.79 Å². The largest absolute Gasteiger partial charge is 0.341 e. The fraction of sp³-hybridized carbons (Fsp3) is 0.227. The Kier molecular flexibility index (Phi) is 5.34. The Morgan fingerprint density at radius 2 is 1.60 bits per heavy atom. The van der Waals surface area contributed by atoms with Gasteiger partial charge in [-0.2, -0.15) is 4.98 Å². The summed E-state index contributed by atoms with van der Waals surface area (Å²) in [6.07, 6.45) is 0. The normalized spacial score (nSPS) is 11.2. The molecule has 0 aliphatic heterocycles. The SMILES string of the molecule is CN(Cc1ccccc1)c1nc2c(c(=O)n(C)c(=O)n2C)n1Cc1ccc(Br)cc1. The number of hydrogen-bond donors (Lipinski definition) is 0. The molecule has 2 aromatic carbocycles. The summed E-state index contributed by atoms with van der Waals surface area (Å²) in [6, 6.07) is 18.0. The van der Waals surface area contributed by atoms with Crippen LogP contribution in [0, 0.1) is 0 Å². The average molecular weight is 468 g/mol. The number of halogens is 1. The van der Waals surface area contributed by atoms with Crippen molar-refractivity contribution in [3.63, 3.8) is 0 Å². The van der Waals surface area contributed by atoms with E-state index in [-0.39, 0.29) is 5.56 Å². The van der Waals surface area contributed by atoms with E-state index in [0.717, 1.165) is 20.2 Å². The van der Waals surface area contributed by atoms with Crippen molar-refractivity contribution in [1.29, 1.82) is 0 Å². The molecule has 8 heteroatoms. The van der Waals surface area contributed by atoms with Gasteiger partial charge in [0.15, 0.2) is 11.2 Å². The van der Waals surface area contributed by atoms with E-state index in [2.05, 4.69) is 15.9 Å². The molecule has 4 aromatic rings. The molecule has 154 valence electrons. The van der Waals surface area contributed by atoms with E-state index >= 15 is 0 Å². The molecule has 7 nitrogen and oxygen atoms in total. The minimum Gasteiger partial charge on any atom is -0.341 e. The van der Waals surface area contributed by atoms with Crippen molar-refractivity contribution < 1.29 is 0 Å². The highest BCUT2D eigenvalue weighted by molar-refractivity contribution is 9.10. The lowest BCUT2D eigenvalue weighted by Crippen LogP contribution is -2.37. The molecule has 0 bridgehead atoms. The molecule has 0 aliphatic rings. The van der Waals surface area contributed by atoms with E-state index in [1.807, 2.05) is 71.1 Å². The first kappa shape index (κ1) is 20.2. The molecule has 0 N–H and O–H groups in total. The van der Waals surface area contributed by atoms with Crippen molar-refractivity contribution in [3.05, 3.63) is 91.0 Å². The Morgan fingerprint density at radius 1 is 0.933 bits per heavy atom. The number of benzene rings is 2. The third kappa shape index (κ3) is 3.59. The lowest BCUT2D eigenvalue weighted by Gasteiger charge is -2.20. The molecule has 0 saturated heterocycles. The van der Waals surface area contributed by atoms with Gasteiger partial charge in [0.2, 0.25) is 5.95 Å². The minimum absolute atomic E-state index is 0.350. The van der Waals surface area contributed by atoms with E-state index in [4.69, 9.17) is 4.98 Å². The number of rotatable bonds is 5. The number of hydrogen-bond acceptors (Lipinski definition) is 4. The summed E-state index contributed by atoms with van der Waals surface area (Å²) >= 11 is 3.46. The van der Waals surface area contributed by atoms with E-state index in [0.29, 0.717) is 30.2 Å². The van der Waals surface area contributed by atoms with Crippen LogP contribution in [0.2, 0.25) is 0 Å². The van der Waals surface area contributed by atoms with Crippen LogP contribution >= 0.6 is 15.9 Å². The van der Waals surface area contributed by atoms with Crippen LogP contribution in [0.3, 0.4) is 0 Å². The van der Waals surface area contributed by atoms with Crippen molar-refractivity contribution in [2.45, 2.75) is 13.1 Å². The second-order valence-electron chi connectivity index (χ2n) is 7.34. The van der Waals surface area contributed by atoms with Gasteiger partial charge in [0.05, 0.1) is 6.54 Å². The van der Waals surface area contributed by atoms with Gasteiger partial charge >= 0.3 is 5.69 Å². The highest BCUT2D eigenvalue weighted by Gasteiger charge is 2.21. The number of fused-ring (bicyclic) bond motifs is 1. The van der Waals surface area contributed by atoms with E-state index in [1.165, 1.54) is 11.6 Å². The maximum absolute atomic E-state index is 13.0. The van der Waals surface area contributed by atoms with Crippen molar-refractivity contribution in [2.75, 3.05) is 11.9 Å². The second kappa shape index (κ2) is 7.95. The molecule has 0 atom stereocenters. The minimum atomic E-state index is -0.391. The fourth-order valence-electron chi connectivity index (χ4n) is 3.58. The topological polar surface area (TPSA) is 65.1 Å². The summed E-state index contributed by atoms with van der Waals surface area (Å²) in [5, 5.41) is 0. The van der Waals surface area contributed by atoms with Gasteiger partial charge in [0.1, 0.15) is 0 Å². The molecule has 0 unspecified atom stereocenters. The van der Waals surface area contributed by atoms with Gasteiger partial charge in [-0.05, 0) is 23.3 Å². The first-order valence-corrected chi connectivity index (χ1v) is 10.3. The highest BCUT2D eigenvalue weighted by Crippen LogP contribution is 2.22. The highest BCUT2D eigenvalue weighted by atomic mass is 79.9. The third-order valence-corrected chi connectivity index (χ3v) is 5.71. The fourth-order valence-corrected chi connectivity index (χ4v) is 3.84. The summed E-state index contributed by atoms with van der Waals surface area (Å²) in [4.78, 5) is 32.2. The number of aromatic nitrogens is 4. The molecule has 0 saturated carbocycles. The summed E-state index contributed by atoms with van der Waals surface area (Å²) in [5.74, 6) is 0.634. The molecule has 0 spiro atoms. The zero-order valence-electron chi connectivity index (χ0n) is 17.0. The Morgan fingerprint density at radius 3 is 2.27 bits per heavy atom. The predicted molar refractivity (Wildman–Crippen MR) is 122 cm³/mol. The number of aryl methyl sites for hydroxylation is 1. The first-order chi connectivity index (χ1) is 14.4. The zero-order chi connectivity index (χ0) is 21.4. The van der Waals surface area contributed by atoms with Gasteiger partial charge in [0, 0.05) is 32.2 Å². The van der Waals surface area contributed by atoms with Crippen LogP contribution in [-0.2, 0) is 27.2 Å². The third-order valence-electron chi connectivity index (χ3n) is 5.19. The van der Waals surface area contributed by atoms with Crippen LogP contribution in [0.1, 0.15) is 11.1 Å². The quantitative estimate of drug-likeness (QED) is 0.452. The zero-order valence-corrected chi connectivity index (χ0v) is 18.6. The molecular formula is C22H22BrN5O2. The molecule has 0 aliphatic carbocycles. The van der Waals surface area contributed by atoms with Crippen LogP contribution in [0.15, 0.2) is 68.7 Å². The molecule has 0 amide bonds. The summed E-state index contributed by atoms with van der Waals surface area (Å²) in [6.45, 7) is 1.09. The Bertz CT molecular complexity index is 1320. The van der Waals surface area contributed by atoms with Crippen LogP contribution in [-0.4, -0.2) is 25.7 Å². The Balaban J connectivity index is 1.90. The summed E-state index contributed by atoms with van der Waals surface area (Å²) in [7, 11) is 5.07. The van der Waals surface area contributed by atoms with Crippen molar-refractivity contribution in [1.82, 2.24) is 18.7 Å². The Hall–Kier alpha value is -3.13. The standard InChI is InChI=1S/C22H22BrN5O2/c1-25(13-15-7-5-4-6-8-15)21-24-19-18(20(29)27(3)22(30)26(19)2)28(21)14-16-9-11-17(23)12-10-16/h4-12H,13-14H2,1-3H3. The second-order valence-corrected chi connectivity index (χ2v) is 8.26. The maximum Gasteiger partial charge on any atom is 0.332 e. The number of nitrogens with zero attached hydrogens (tertiary/aromatic N) is 5. The van der Waals surface area contributed by atoms with Crippen molar-refractivity contribution in [3.8, 4) is 0 Å². The molecule has 4 rings (SSSR count). The Labute approximate surface area is 182 Å². The summed E-state index contributed by atoms with van der Waals surface area (Å²) in [5.41, 5.74) is 2.22. The number of anilines is 1. The van der Waals surface area contributed by atoms with E-state index in [9.17, 15) is 9.59 Å². The van der Waals surface area contributed by atoms with Crippen LogP contribution in [0.4, 0.5) is 5.95 Å². The van der Waals surface area contributed by atoms with Crippen molar-refractivity contribution >= 4 is 33.0 Å². The van der Waals surface area contributed by atoms with Gasteiger partial charge in [0.25, 0.3) is 5.56 Å². The van der Waals surface area contributed by atoms with Gasteiger partial charge in [-0.15, -0.1) is 0 Å². The smallest absolute Gasteiger partial charge is 0.332 e. The monoisotopic (exact) mass is 467 g/mol. The van der Waals surface area contributed by atoms with Crippen molar-refractivity contribution in [2.24, 2.45) is 14.1 Å². The molecule has 0 radical (unpaired) electrons. The van der Waals surface area contributed by atoms with Gasteiger partial charge in [-0.1, -0.05) is 58.4 Å². The van der Waals surface area contributed by atoms with Crippen LogP contribution in [0.25, 0.3) is 11.2 Å². The van der Waals surface area contributed by atoms with Gasteiger partial charge < -0.3 is 4.90 Å². The van der Waals surface area contributed by atoms with Crippen LogP contribution in [0.5, 0.6) is 0 Å². The molecular weight excluding hydrogens is 446 g/mol. The van der Waals surface area contributed by atoms with Crippen LogP contribution < -0.4 is 16.1 Å². The predicted octanol–water partition coefficient (Wildman–Crippen LogP) is 2.88. The maximum atomic E-state index is 13.0.